The molecule has 0 saturated heterocycles. The van der Waals surface area contributed by atoms with Crippen LogP contribution in [0.25, 0.3) is 0 Å². The monoisotopic (exact) mass is 324 g/mol. The Hall–Kier alpha value is -1.07. The maximum atomic E-state index is 13.3. The molecule has 1 aromatic carbocycles. The molecule has 3 N–H and O–H groups in total. The molecule has 0 bridgehead atoms. The molecule has 1 saturated carbocycles. The fraction of sp³-hybridized carbons (Fsp3) is 0.588. The van der Waals surface area contributed by atoms with Crippen molar-refractivity contribution in [1.82, 2.24) is 5.32 Å². The Labute approximate surface area is 136 Å². The normalized spacial score (nSPS) is 25.0. The quantitative estimate of drug-likeness (QED) is 0.874. The first kappa shape index (κ1) is 17.3. The predicted octanol–water partition coefficient (Wildman–Crippen LogP) is 3.21. The van der Waals surface area contributed by atoms with Crippen molar-refractivity contribution in [2.45, 2.75) is 50.4 Å². The topological polar surface area (TPSA) is 55.1 Å². The van der Waals surface area contributed by atoms with E-state index in [4.69, 9.17) is 5.73 Å². The summed E-state index contributed by atoms with van der Waals surface area (Å²) in [5, 5.41) is 2.99. The average molecular weight is 324 g/mol. The molecule has 0 aliphatic heterocycles. The highest BCUT2D eigenvalue weighted by atomic mass is 32.2. The van der Waals surface area contributed by atoms with Crippen molar-refractivity contribution < 1.29 is 9.18 Å². The Morgan fingerprint density at radius 1 is 1.45 bits per heavy atom. The first-order valence-electron chi connectivity index (χ1n) is 7.77. The van der Waals surface area contributed by atoms with E-state index in [-0.39, 0.29) is 17.6 Å². The number of nitrogens with one attached hydrogen (secondary N) is 1. The third-order valence-corrected chi connectivity index (χ3v) is 5.09. The SMILES string of the molecule is CSCc1cc(F)ccc1CNC(=O)C1CCCCC1(C)N. The van der Waals surface area contributed by atoms with Crippen molar-refractivity contribution in [2.24, 2.45) is 11.7 Å². The lowest BCUT2D eigenvalue weighted by Gasteiger charge is -2.37. The zero-order valence-electron chi connectivity index (χ0n) is 13.3. The summed E-state index contributed by atoms with van der Waals surface area (Å²) in [4.78, 5) is 12.5. The van der Waals surface area contributed by atoms with Gasteiger partial charge >= 0.3 is 0 Å². The summed E-state index contributed by atoms with van der Waals surface area (Å²) in [6.45, 7) is 2.40. The lowest BCUT2D eigenvalue weighted by molar-refractivity contribution is -0.128. The molecule has 2 atom stereocenters. The molecule has 1 aliphatic rings. The number of nitrogens with two attached hydrogens (primary N) is 1. The number of thioether (sulfide) groups is 1. The van der Waals surface area contributed by atoms with Crippen molar-refractivity contribution in [2.75, 3.05) is 6.26 Å². The Bertz CT molecular complexity index is 533. The van der Waals surface area contributed by atoms with Gasteiger partial charge in [0, 0.05) is 17.8 Å². The van der Waals surface area contributed by atoms with Crippen molar-refractivity contribution >= 4 is 17.7 Å². The fourth-order valence-electron chi connectivity index (χ4n) is 3.15. The highest BCUT2D eigenvalue weighted by molar-refractivity contribution is 7.97. The number of rotatable bonds is 5. The van der Waals surface area contributed by atoms with E-state index in [1.807, 2.05) is 13.2 Å². The van der Waals surface area contributed by atoms with Gasteiger partial charge in [-0.1, -0.05) is 18.9 Å². The molecule has 0 heterocycles. The van der Waals surface area contributed by atoms with Crippen molar-refractivity contribution in [3.05, 3.63) is 35.1 Å². The zero-order valence-corrected chi connectivity index (χ0v) is 14.1. The second-order valence-corrected chi connectivity index (χ2v) is 7.23. The summed E-state index contributed by atoms with van der Waals surface area (Å²) in [5.74, 6) is 0.386. The summed E-state index contributed by atoms with van der Waals surface area (Å²) in [6, 6.07) is 4.74. The summed E-state index contributed by atoms with van der Waals surface area (Å²) < 4.78 is 13.3. The molecule has 3 nitrogen and oxygen atoms in total. The number of carbonyl (C=O) groups excluding carboxylic acids is 1. The molecular formula is C17H25FN2OS. The first-order chi connectivity index (χ1) is 10.4. The van der Waals surface area contributed by atoms with Gasteiger partial charge in [-0.25, -0.2) is 4.39 Å². The van der Waals surface area contributed by atoms with Gasteiger partial charge in [0.1, 0.15) is 5.82 Å². The number of hydrogen-bond acceptors (Lipinski definition) is 3. The summed E-state index contributed by atoms with van der Waals surface area (Å²) >= 11 is 1.64. The third kappa shape index (κ3) is 4.23. The van der Waals surface area contributed by atoms with Gasteiger partial charge in [0.25, 0.3) is 0 Å². The second-order valence-electron chi connectivity index (χ2n) is 6.37. The van der Waals surface area contributed by atoms with E-state index < -0.39 is 5.54 Å². The van der Waals surface area contributed by atoms with E-state index in [0.29, 0.717) is 6.54 Å². The predicted molar refractivity (Wildman–Crippen MR) is 90.0 cm³/mol. The minimum absolute atomic E-state index is 0.0177. The maximum Gasteiger partial charge on any atom is 0.225 e. The molecule has 2 unspecified atom stereocenters. The lowest BCUT2D eigenvalue weighted by atomic mass is 9.74. The molecule has 1 amide bonds. The molecular weight excluding hydrogens is 299 g/mol. The molecule has 5 heteroatoms. The van der Waals surface area contributed by atoms with E-state index in [1.54, 1.807) is 23.9 Å². The van der Waals surface area contributed by atoms with Gasteiger partial charge in [-0.3, -0.25) is 4.79 Å². The Kier molecular flexibility index (Phi) is 5.87. The van der Waals surface area contributed by atoms with Crippen molar-refractivity contribution in [3.63, 3.8) is 0 Å². The van der Waals surface area contributed by atoms with Crippen molar-refractivity contribution in [3.8, 4) is 0 Å². The second kappa shape index (κ2) is 7.47. The van der Waals surface area contributed by atoms with Crippen LogP contribution in [0.4, 0.5) is 4.39 Å². The highest BCUT2D eigenvalue weighted by Gasteiger charge is 2.37. The number of hydrogen-bond donors (Lipinski definition) is 2. The molecule has 1 fully saturated rings. The van der Waals surface area contributed by atoms with Crippen LogP contribution in [0.2, 0.25) is 0 Å². The number of halogens is 1. The van der Waals surface area contributed by atoms with Gasteiger partial charge in [-0.2, -0.15) is 11.8 Å². The molecule has 2 rings (SSSR count). The molecule has 0 radical (unpaired) electrons. The van der Waals surface area contributed by atoms with Crippen LogP contribution in [-0.2, 0) is 17.1 Å². The molecule has 22 heavy (non-hydrogen) atoms. The molecule has 122 valence electrons. The van der Waals surface area contributed by atoms with Crippen LogP contribution in [0.3, 0.4) is 0 Å². The van der Waals surface area contributed by atoms with E-state index >= 15 is 0 Å². The molecule has 1 aliphatic carbocycles. The van der Waals surface area contributed by atoms with Crippen LogP contribution < -0.4 is 11.1 Å². The Balaban J connectivity index is 2.02. The fourth-order valence-corrected chi connectivity index (χ4v) is 3.73. The molecule has 1 aromatic rings. The van der Waals surface area contributed by atoms with Crippen LogP contribution in [0.1, 0.15) is 43.7 Å². The van der Waals surface area contributed by atoms with E-state index in [9.17, 15) is 9.18 Å². The molecule has 0 aromatic heterocycles. The first-order valence-corrected chi connectivity index (χ1v) is 9.16. The zero-order chi connectivity index (χ0) is 16.2. The minimum Gasteiger partial charge on any atom is -0.352 e. The van der Waals surface area contributed by atoms with Gasteiger partial charge in [0.15, 0.2) is 0 Å². The van der Waals surface area contributed by atoms with Gasteiger partial charge in [-0.05, 0) is 49.3 Å². The lowest BCUT2D eigenvalue weighted by Crippen LogP contribution is -2.52. The third-order valence-electron chi connectivity index (χ3n) is 4.49. The summed E-state index contributed by atoms with van der Waals surface area (Å²) in [5.41, 5.74) is 7.76. The van der Waals surface area contributed by atoms with Gasteiger partial charge < -0.3 is 11.1 Å². The molecule has 0 spiro atoms. The van der Waals surface area contributed by atoms with Gasteiger partial charge in [-0.15, -0.1) is 0 Å². The standard InChI is InChI=1S/C17H25FN2OS/c1-17(19)8-4-3-5-15(17)16(21)20-10-12-6-7-14(18)9-13(12)11-22-2/h6-7,9,15H,3-5,8,10-11,19H2,1-2H3,(H,20,21). The van der Waals surface area contributed by atoms with Gasteiger partial charge in [0.05, 0.1) is 5.92 Å². The smallest absolute Gasteiger partial charge is 0.225 e. The highest BCUT2D eigenvalue weighted by Crippen LogP contribution is 2.31. The van der Waals surface area contributed by atoms with Crippen LogP contribution >= 0.6 is 11.8 Å². The average Bonchev–Trinajstić information content (AvgIpc) is 2.46. The van der Waals surface area contributed by atoms with E-state index in [1.165, 1.54) is 6.07 Å². The number of benzene rings is 1. The number of carbonyl (C=O) groups is 1. The van der Waals surface area contributed by atoms with Crippen LogP contribution in [-0.4, -0.2) is 17.7 Å². The Morgan fingerprint density at radius 3 is 2.91 bits per heavy atom. The van der Waals surface area contributed by atoms with Crippen LogP contribution in [0, 0.1) is 11.7 Å². The van der Waals surface area contributed by atoms with Crippen LogP contribution in [0.15, 0.2) is 18.2 Å². The van der Waals surface area contributed by atoms with E-state index in [0.717, 1.165) is 42.6 Å². The van der Waals surface area contributed by atoms with Gasteiger partial charge in [0.2, 0.25) is 5.91 Å². The van der Waals surface area contributed by atoms with E-state index in [2.05, 4.69) is 5.32 Å². The summed E-state index contributed by atoms with van der Waals surface area (Å²) in [7, 11) is 0. The largest absolute Gasteiger partial charge is 0.352 e. The Morgan fingerprint density at radius 2 is 2.23 bits per heavy atom. The van der Waals surface area contributed by atoms with Crippen LogP contribution in [0.5, 0.6) is 0 Å². The van der Waals surface area contributed by atoms with Crippen molar-refractivity contribution in [1.29, 1.82) is 0 Å². The number of amides is 1. The minimum atomic E-state index is -0.423. The summed E-state index contributed by atoms with van der Waals surface area (Å²) in [6.07, 6.45) is 5.86. The maximum absolute atomic E-state index is 13.3.